The SMILES string of the molecule is CCCOC(=O)c1ccc(OCCCOCCCCCCBr)cc1. The Kier molecular flexibility index (Phi) is 12.5. The lowest BCUT2D eigenvalue weighted by Crippen LogP contribution is -2.06. The summed E-state index contributed by atoms with van der Waals surface area (Å²) < 4.78 is 16.3. The number of unbranched alkanes of at least 4 members (excludes halogenated alkanes) is 3. The first-order chi connectivity index (χ1) is 11.8. The van der Waals surface area contributed by atoms with Crippen LogP contribution in [-0.4, -0.2) is 37.7 Å². The summed E-state index contributed by atoms with van der Waals surface area (Å²) in [4.78, 5) is 11.7. The molecule has 136 valence electrons. The van der Waals surface area contributed by atoms with E-state index in [1.54, 1.807) is 24.3 Å². The molecule has 1 aromatic rings. The van der Waals surface area contributed by atoms with E-state index in [1.807, 2.05) is 6.92 Å². The molecule has 4 nitrogen and oxygen atoms in total. The normalized spacial score (nSPS) is 10.6. The third-order valence-electron chi connectivity index (χ3n) is 3.40. The van der Waals surface area contributed by atoms with E-state index in [-0.39, 0.29) is 5.97 Å². The highest BCUT2D eigenvalue weighted by Gasteiger charge is 2.06. The van der Waals surface area contributed by atoms with Crippen molar-refractivity contribution in [1.82, 2.24) is 0 Å². The van der Waals surface area contributed by atoms with E-state index >= 15 is 0 Å². The fraction of sp³-hybridized carbons (Fsp3) is 0.632. The Morgan fingerprint density at radius 2 is 1.62 bits per heavy atom. The molecule has 5 heteroatoms. The Balaban J connectivity index is 2.06. The van der Waals surface area contributed by atoms with Crippen molar-refractivity contribution in [3.05, 3.63) is 29.8 Å². The minimum Gasteiger partial charge on any atom is -0.494 e. The standard InChI is InChI=1S/C19H29BrO4/c1-2-13-24-19(21)17-8-10-18(11-9-17)23-16-7-15-22-14-6-4-3-5-12-20/h8-11H,2-7,12-16H2,1H3. The predicted octanol–water partition coefficient (Wildman–Crippen LogP) is 4.99. The van der Waals surface area contributed by atoms with Gasteiger partial charge < -0.3 is 14.2 Å². The van der Waals surface area contributed by atoms with Crippen LogP contribution in [0.4, 0.5) is 0 Å². The van der Waals surface area contributed by atoms with E-state index in [1.165, 1.54) is 19.3 Å². The van der Waals surface area contributed by atoms with Gasteiger partial charge in [-0.2, -0.15) is 0 Å². The fourth-order valence-corrected chi connectivity index (χ4v) is 2.47. The van der Waals surface area contributed by atoms with E-state index in [0.29, 0.717) is 18.8 Å². The zero-order valence-corrected chi connectivity index (χ0v) is 16.2. The van der Waals surface area contributed by atoms with Gasteiger partial charge in [-0.05, 0) is 43.5 Å². The minimum absolute atomic E-state index is 0.284. The summed E-state index contributed by atoms with van der Waals surface area (Å²) >= 11 is 3.43. The highest BCUT2D eigenvalue weighted by molar-refractivity contribution is 9.09. The second-order valence-corrected chi connectivity index (χ2v) is 6.37. The molecule has 0 unspecified atom stereocenters. The number of carbonyl (C=O) groups excluding carboxylic acids is 1. The third-order valence-corrected chi connectivity index (χ3v) is 3.96. The summed E-state index contributed by atoms with van der Waals surface area (Å²) in [6.45, 7) is 4.59. The second-order valence-electron chi connectivity index (χ2n) is 5.58. The smallest absolute Gasteiger partial charge is 0.338 e. The summed E-state index contributed by atoms with van der Waals surface area (Å²) in [7, 11) is 0. The fourth-order valence-electron chi connectivity index (χ4n) is 2.07. The van der Waals surface area contributed by atoms with Gasteiger partial charge in [-0.1, -0.05) is 35.7 Å². The van der Waals surface area contributed by atoms with Crippen molar-refractivity contribution in [1.29, 1.82) is 0 Å². The maximum Gasteiger partial charge on any atom is 0.338 e. The van der Waals surface area contributed by atoms with Gasteiger partial charge >= 0.3 is 5.97 Å². The van der Waals surface area contributed by atoms with Gasteiger partial charge in [0.1, 0.15) is 5.75 Å². The number of esters is 1. The zero-order chi connectivity index (χ0) is 17.5. The average molecular weight is 401 g/mol. The van der Waals surface area contributed by atoms with Crippen LogP contribution in [0.2, 0.25) is 0 Å². The summed E-state index contributed by atoms with van der Waals surface area (Å²) in [6, 6.07) is 7.06. The van der Waals surface area contributed by atoms with Crippen molar-refractivity contribution < 1.29 is 19.0 Å². The molecule has 24 heavy (non-hydrogen) atoms. The number of carbonyl (C=O) groups is 1. The molecule has 1 rings (SSSR count). The van der Waals surface area contributed by atoms with Crippen LogP contribution in [0.1, 0.15) is 55.8 Å². The maximum absolute atomic E-state index is 11.7. The predicted molar refractivity (Wildman–Crippen MR) is 100 cm³/mol. The molecule has 0 spiro atoms. The molecule has 0 atom stereocenters. The second kappa shape index (κ2) is 14.3. The van der Waals surface area contributed by atoms with E-state index < -0.39 is 0 Å². The van der Waals surface area contributed by atoms with Gasteiger partial charge in [0, 0.05) is 25.0 Å². The first-order valence-corrected chi connectivity index (χ1v) is 9.93. The average Bonchev–Trinajstić information content (AvgIpc) is 2.61. The van der Waals surface area contributed by atoms with E-state index in [2.05, 4.69) is 15.9 Å². The van der Waals surface area contributed by atoms with Crippen LogP contribution in [0.3, 0.4) is 0 Å². The molecule has 0 fully saturated rings. The summed E-state index contributed by atoms with van der Waals surface area (Å²) in [6.07, 6.45) is 6.55. The Bertz CT molecular complexity index is 433. The number of hydrogen-bond acceptors (Lipinski definition) is 4. The molecule has 0 aliphatic carbocycles. The number of ether oxygens (including phenoxy) is 3. The lowest BCUT2D eigenvalue weighted by Gasteiger charge is -2.08. The van der Waals surface area contributed by atoms with Crippen molar-refractivity contribution in [2.24, 2.45) is 0 Å². The Morgan fingerprint density at radius 3 is 2.33 bits per heavy atom. The van der Waals surface area contributed by atoms with Crippen molar-refractivity contribution >= 4 is 21.9 Å². The van der Waals surface area contributed by atoms with Gasteiger partial charge in [-0.3, -0.25) is 0 Å². The largest absolute Gasteiger partial charge is 0.494 e. The Labute approximate surface area is 154 Å². The number of rotatable bonds is 14. The van der Waals surface area contributed by atoms with Crippen LogP contribution in [0.5, 0.6) is 5.75 Å². The van der Waals surface area contributed by atoms with E-state index in [4.69, 9.17) is 14.2 Å². The first-order valence-electron chi connectivity index (χ1n) is 8.81. The van der Waals surface area contributed by atoms with Crippen molar-refractivity contribution in [2.75, 3.05) is 31.8 Å². The van der Waals surface area contributed by atoms with Gasteiger partial charge in [0.2, 0.25) is 0 Å². The molecule has 0 saturated heterocycles. The molecule has 0 heterocycles. The van der Waals surface area contributed by atoms with Crippen LogP contribution in [-0.2, 0) is 9.47 Å². The van der Waals surface area contributed by atoms with Gasteiger partial charge in [-0.15, -0.1) is 0 Å². The number of alkyl halides is 1. The number of hydrogen-bond donors (Lipinski definition) is 0. The van der Waals surface area contributed by atoms with Gasteiger partial charge in [0.25, 0.3) is 0 Å². The molecular weight excluding hydrogens is 372 g/mol. The van der Waals surface area contributed by atoms with Crippen LogP contribution < -0.4 is 4.74 Å². The van der Waals surface area contributed by atoms with Crippen LogP contribution in [0.15, 0.2) is 24.3 Å². The maximum atomic E-state index is 11.7. The van der Waals surface area contributed by atoms with Crippen molar-refractivity contribution in [3.8, 4) is 5.75 Å². The summed E-state index contributed by atoms with van der Waals surface area (Å²) in [5.41, 5.74) is 0.555. The summed E-state index contributed by atoms with van der Waals surface area (Å²) in [5, 5.41) is 1.09. The van der Waals surface area contributed by atoms with Crippen LogP contribution >= 0.6 is 15.9 Å². The molecule has 0 N–H and O–H groups in total. The highest BCUT2D eigenvalue weighted by Crippen LogP contribution is 2.13. The molecular formula is C19H29BrO4. The lowest BCUT2D eigenvalue weighted by molar-refractivity contribution is 0.0505. The van der Waals surface area contributed by atoms with Crippen molar-refractivity contribution in [3.63, 3.8) is 0 Å². The summed E-state index contributed by atoms with van der Waals surface area (Å²) in [5.74, 6) is 0.477. The Morgan fingerprint density at radius 1 is 0.917 bits per heavy atom. The van der Waals surface area contributed by atoms with E-state index in [0.717, 1.165) is 43.6 Å². The number of halogens is 1. The Hall–Kier alpha value is -1.07. The monoisotopic (exact) mass is 400 g/mol. The molecule has 0 bridgehead atoms. The number of benzene rings is 1. The minimum atomic E-state index is -0.284. The van der Waals surface area contributed by atoms with Gasteiger partial charge in [0.15, 0.2) is 0 Å². The molecule has 0 amide bonds. The lowest BCUT2D eigenvalue weighted by atomic mass is 10.2. The molecule has 0 aromatic heterocycles. The van der Waals surface area contributed by atoms with Crippen LogP contribution in [0, 0.1) is 0 Å². The third kappa shape index (κ3) is 9.93. The highest BCUT2D eigenvalue weighted by atomic mass is 79.9. The van der Waals surface area contributed by atoms with Crippen LogP contribution in [0.25, 0.3) is 0 Å². The van der Waals surface area contributed by atoms with Crippen molar-refractivity contribution in [2.45, 2.75) is 45.4 Å². The van der Waals surface area contributed by atoms with Gasteiger partial charge in [0.05, 0.1) is 18.8 Å². The van der Waals surface area contributed by atoms with Gasteiger partial charge in [-0.25, -0.2) is 4.79 Å². The topological polar surface area (TPSA) is 44.8 Å². The zero-order valence-electron chi connectivity index (χ0n) is 14.6. The first kappa shape index (κ1) is 21.0. The molecule has 0 aliphatic rings. The molecule has 0 radical (unpaired) electrons. The molecule has 1 aromatic carbocycles. The quantitative estimate of drug-likeness (QED) is 0.250. The molecule has 0 saturated carbocycles. The molecule has 0 aliphatic heterocycles. The van der Waals surface area contributed by atoms with E-state index in [9.17, 15) is 4.79 Å².